The highest BCUT2D eigenvalue weighted by Gasteiger charge is 2.78. The maximum absolute atomic E-state index is 14.4. The molecule has 2 aromatic rings. The van der Waals surface area contributed by atoms with Gasteiger partial charge < -0.3 is 28.1 Å². The fourth-order valence-electron chi connectivity index (χ4n) is 8.54. The molecule has 45 heavy (non-hydrogen) atoms. The summed E-state index contributed by atoms with van der Waals surface area (Å²) in [6.07, 6.45) is -1.10. The van der Waals surface area contributed by atoms with Gasteiger partial charge in [-0.2, -0.15) is 0 Å². The summed E-state index contributed by atoms with van der Waals surface area (Å²) in [5.41, 5.74) is -7.94. The maximum Gasteiger partial charge on any atom is 0.351 e. The van der Waals surface area contributed by atoms with Gasteiger partial charge in [0.1, 0.15) is 16.9 Å². The molecule has 2 aliphatic carbocycles. The largest absolute Gasteiger partial charge is 0.483 e. The molecule has 4 bridgehead atoms. The Labute approximate surface area is 259 Å². The molecule has 5 aliphatic rings. The molecule has 6 atom stereocenters. The van der Waals surface area contributed by atoms with Crippen LogP contribution >= 0.6 is 0 Å². The Morgan fingerprint density at radius 1 is 0.689 bits per heavy atom. The van der Waals surface area contributed by atoms with Crippen molar-refractivity contribution in [1.29, 1.82) is 0 Å². The van der Waals surface area contributed by atoms with E-state index in [1.807, 2.05) is 27.7 Å². The third-order valence-corrected chi connectivity index (χ3v) is 12.7. The van der Waals surface area contributed by atoms with Gasteiger partial charge in [0.15, 0.2) is 12.2 Å². The number of esters is 4. The molecule has 0 unspecified atom stereocenters. The maximum atomic E-state index is 14.4. The van der Waals surface area contributed by atoms with Crippen molar-refractivity contribution in [2.75, 3.05) is 0 Å². The third kappa shape index (κ3) is 3.29. The quantitative estimate of drug-likeness (QED) is 0.266. The van der Waals surface area contributed by atoms with Gasteiger partial charge in [-0.25, -0.2) is 14.4 Å². The van der Waals surface area contributed by atoms with E-state index in [4.69, 9.17) is 28.1 Å². The van der Waals surface area contributed by atoms with Gasteiger partial charge in [-0.05, 0) is 71.6 Å². The number of carbonyl (C=O) groups excluding carboxylic acids is 4. The van der Waals surface area contributed by atoms with E-state index in [9.17, 15) is 24.0 Å². The molecule has 0 amide bonds. The number of fused-ring (bicyclic) bond motifs is 7. The summed E-state index contributed by atoms with van der Waals surface area (Å²) in [5.74, 6) is -2.13. The first kappa shape index (κ1) is 29.8. The first-order valence-electron chi connectivity index (χ1n) is 15.4. The van der Waals surface area contributed by atoms with E-state index in [0.717, 1.165) is 0 Å². The normalized spacial score (nSPS) is 37.9. The number of benzene rings is 1. The van der Waals surface area contributed by atoms with Crippen LogP contribution in [0.4, 0.5) is 0 Å². The molecule has 1 aromatic carbocycles. The lowest BCUT2D eigenvalue weighted by atomic mass is 9.66. The van der Waals surface area contributed by atoms with E-state index in [0.29, 0.717) is 29.5 Å². The molecular weight excluding hydrogens is 584 g/mol. The van der Waals surface area contributed by atoms with Crippen molar-refractivity contribution in [3.8, 4) is 5.75 Å². The monoisotopic (exact) mass is 622 g/mol. The molecule has 240 valence electrons. The van der Waals surface area contributed by atoms with Crippen LogP contribution in [-0.4, -0.2) is 46.8 Å². The van der Waals surface area contributed by atoms with Crippen molar-refractivity contribution in [1.82, 2.24) is 0 Å². The van der Waals surface area contributed by atoms with Crippen LogP contribution in [0.25, 0.3) is 11.0 Å². The van der Waals surface area contributed by atoms with Gasteiger partial charge in [-0.3, -0.25) is 9.59 Å². The molecule has 0 spiro atoms. The van der Waals surface area contributed by atoms with Crippen molar-refractivity contribution in [3.05, 3.63) is 40.2 Å². The van der Waals surface area contributed by atoms with Crippen molar-refractivity contribution < 1.29 is 47.3 Å². The summed E-state index contributed by atoms with van der Waals surface area (Å²) in [4.78, 5) is 66.8. The lowest BCUT2D eigenvalue weighted by Crippen LogP contribution is -2.57. The van der Waals surface area contributed by atoms with Crippen LogP contribution in [0, 0.1) is 21.7 Å². The van der Waals surface area contributed by atoms with E-state index in [-0.39, 0.29) is 18.4 Å². The average Bonchev–Trinajstić information content (AvgIpc) is 3.42. The topological polar surface area (TPSA) is 145 Å². The fraction of sp³-hybridized carbons (Fsp3) is 0.618. The van der Waals surface area contributed by atoms with Crippen LogP contribution in [0.3, 0.4) is 0 Å². The molecule has 4 fully saturated rings. The Kier molecular flexibility index (Phi) is 5.61. The molecule has 2 saturated heterocycles. The second kappa shape index (κ2) is 8.47. The molecule has 3 aliphatic heterocycles. The summed E-state index contributed by atoms with van der Waals surface area (Å²) in [5, 5.41) is 0.414. The van der Waals surface area contributed by atoms with Gasteiger partial charge in [0, 0.05) is 27.8 Å². The van der Waals surface area contributed by atoms with Crippen LogP contribution < -0.4 is 10.4 Å². The van der Waals surface area contributed by atoms with Gasteiger partial charge >= 0.3 is 29.5 Å². The minimum Gasteiger partial charge on any atom is -0.483 e. The number of carbonyl (C=O) groups is 4. The molecule has 1 aromatic heterocycles. The Hall–Kier alpha value is -3.89. The van der Waals surface area contributed by atoms with Gasteiger partial charge in [0.2, 0.25) is 11.2 Å². The van der Waals surface area contributed by atoms with Crippen LogP contribution in [0.15, 0.2) is 33.5 Å². The zero-order chi connectivity index (χ0) is 32.8. The zero-order valence-electron chi connectivity index (χ0n) is 26.8. The van der Waals surface area contributed by atoms with Crippen molar-refractivity contribution in [2.24, 2.45) is 21.7 Å². The Balaban J connectivity index is 1.35. The molecular formula is C34H38O11. The first-order valence-corrected chi connectivity index (χ1v) is 15.4. The molecule has 7 rings (SSSR count). The van der Waals surface area contributed by atoms with E-state index < -0.39 is 80.2 Å². The fourth-order valence-corrected chi connectivity index (χ4v) is 8.54. The Bertz CT molecular complexity index is 1780. The number of hydrogen-bond acceptors (Lipinski definition) is 11. The lowest BCUT2D eigenvalue weighted by molar-refractivity contribution is -0.217. The molecule has 0 radical (unpaired) electrons. The van der Waals surface area contributed by atoms with Gasteiger partial charge in [0.05, 0.1) is 10.8 Å². The summed E-state index contributed by atoms with van der Waals surface area (Å²) in [7, 11) is 0. The minimum atomic E-state index is -1.57. The summed E-state index contributed by atoms with van der Waals surface area (Å²) >= 11 is 0. The molecule has 4 heterocycles. The first-order chi connectivity index (χ1) is 20.8. The SMILES string of the molecule is CC1(C)Oc2ccc3oc(=O)ccc3c2[C@@H](OC(=O)[C@@]23CC[C@@](C)(C(=O)O2)C3(C)C)[C@H]1OC(=O)[C@@]12CC[C@@](C)(C(=O)O1)C2(C)C. The van der Waals surface area contributed by atoms with Crippen LogP contribution in [-0.2, 0) is 38.1 Å². The smallest absolute Gasteiger partial charge is 0.351 e. The Morgan fingerprint density at radius 2 is 1.22 bits per heavy atom. The van der Waals surface area contributed by atoms with E-state index in [2.05, 4.69) is 0 Å². The van der Waals surface area contributed by atoms with Crippen molar-refractivity contribution in [2.45, 2.75) is 110 Å². The van der Waals surface area contributed by atoms with Crippen LogP contribution in [0.5, 0.6) is 5.75 Å². The third-order valence-electron chi connectivity index (χ3n) is 12.7. The highest BCUT2D eigenvalue weighted by Crippen LogP contribution is 2.67. The predicted molar refractivity (Wildman–Crippen MR) is 156 cm³/mol. The van der Waals surface area contributed by atoms with Crippen LogP contribution in [0.2, 0.25) is 0 Å². The number of hydrogen-bond donors (Lipinski definition) is 0. The predicted octanol–water partition coefficient (Wildman–Crippen LogP) is 4.70. The molecule has 2 saturated carbocycles. The Morgan fingerprint density at radius 3 is 1.71 bits per heavy atom. The second-order valence-corrected chi connectivity index (χ2v) is 15.3. The van der Waals surface area contributed by atoms with Gasteiger partial charge in [-0.15, -0.1) is 0 Å². The number of ether oxygens (including phenoxy) is 5. The van der Waals surface area contributed by atoms with E-state index in [1.165, 1.54) is 12.1 Å². The van der Waals surface area contributed by atoms with Gasteiger partial charge in [0.25, 0.3) is 0 Å². The zero-order valence-corrected chi connectivity index (χ0v) is 26.8. The second-order valence-electron chi connectivity index (χ2n) is 15.3. The van der Waals surface area contributed by atoms with Crippen molar-refractivity contribution in [3.63, 3.8) is 0 Å². The standard InChI is InChI=1S/C34H38O11/c1-28(2)23(42-27(39)34-16-14-32(8,25(37)45-34)30(34,5)6)22(21-17-9-12-20(35)40-18(17)10-11-19(21)43-28)41-26(38)33-15-13-31(7,24(36)44-33)29(33,3)4/h9-12,22-23H,13-16H2,1-8H3/t22-,23-,31+,32+,33-,34-/m1/s1. The average molecular weight is 623 g/mol. The lowest BCUT2D eigenvalue weighted by Gasteiger charge is -2.46. The number of rotatable bonds is 4. The molecule has 0 N–H and O–H groups in total. The summed E-state index contributed by atoms with van der Waals surface area (Å²) < 4.78 is 36.1. The van der Waals surface area contributed by atoms with Crippen molar-refractivity contribution >= 4 is 34.8 Å². The van der Waals surface area contributed by atoms with E-state index in [1.54, 1.807) is 39.8 Å². The summed E-state index contributed by atoms with van der Waals surface area (Å²) in [6.45, 7) is 14.3. The molecule has 11 nitrogen and oxygen atoms in total. The summed E-state index contributed by atoms with van der Waals surface area (Å²) in [6, 6.07) is 5.96. The van der Waals surface area contributed by atoms with Crippen LogP contribution in [0.1, 0.15) is 92.7 Å². The minimum absolute atomic E-state index is 0.214. The van der Waals surface area contributed by atoms with Gasteiger partial charge in [-0.1, -0.05) is 27.7 Å². The molecule has 11 heteroatoms. The highest BCUT2D eigenvalue weighted by molar-refractivity contribution is 5.95. The highest BCUT2D eigenvalue weighted by atomic mass is 16.7. The van der Waals surface area contributed by atoms with E-state index >= 15 is 0 Å².